The number of amides is 1. The number of nitrogens with one attached hydrogen (secondary N) is 1. The van der Waals surface area contributed by atoms with Crippen molar-refractivity contribution in [3.8, 4) is 16.3 Å². The molecule has 158 valence electrons. The van der Waals surface area contributed by atoms with Crippen LogP contribution in [-0.4, -0.2) is 41.0 Å². The summed E-state index contributed by atoms with van der Waals surface area (Å²) in [7, 11) is 1.70. The minimum absolute atomic E-state index is 0.108. The van der Waals surface area contributed by atoms with Gasteiger partial charge in [-0.25, -0.2) is 4.98 Å². The number of nitrogens with zero attached hydrogens (tertiary/aromatic N) is 2. The molecular formula is C25H25N3O2S. The molecule has 0 atom stereocenters. The van der Waals surface area contributed by atoms with Crippen LogP contribution in [-0.2, 0) is 0 Å². The van der Waals surface area contributed by atoms with E-state index in [-0.39, 0.29) is 5.91 Å². The van der Waals surface area contributed by atoms with Crippen molar-refractivity contribution in [3.63, 3.8) is 0 Å². The Hall–Kier alpha value is -3.12. The van der Waals surface area contributed by atoms with Crippen LogP contribution in [0.1, 0.15) is 39.7 Å². The maximum Gasteiger partial charge on any atom is 0.265 e. The van der Waals surface area contributed by atoms with Crippen LogP contribution < -0.4 is 4.74 Å². The molecule has 31 heavy (non-hydrogen) atoms. The highest BCUT2D eigenvalue weighted by atomic mass is 32.1. The van der Waals surface area contributed by atoms with Crippen molar-refractivity contribution in [1.82, 2.24) is 14.9 Å². The summed E-state index contributed by atoms with van der Waals surface area (Å²) in [6.45, 7) is 3.46. The zero-order chi connectivity index (χ0) is 21.4. The minimum atomic E-state index is 0.108. The third-order valence-electron chi connectivity index (χ3n) is 6.15. The van der Waals surface area contributed by atoms with Crippen molar-refractivity contribution in [3.05, 3.63) is 70.9 Å². The number of methoxy groups -OCH3 is 1. The summed E-state index contributed by atoms with van der Waals surface area (Å²) >= 11 is 1.50. The van der Waals surface area contributed by atoms with E-state index in [1.807, 2.05) is 48.2 Å². The topological polar surface area (TPSA) is 58.2 Å². The lowest BCUT2D eigenvalue weighted by atomic mass is 9.89. The fourth-order valence-corrected chi connectivity index (χ4v) is 5.46. The van der Waals surface area contributed by atoms with Gasteiger partial charge in [-0.05, 0) is 49.4 Å². The molecule has 1 amide bonds. The van der Waals surface area contributed by atoms with E-state index < -0.39 is 0 Å². The number of carbonyl (C=O) groups is 1. The molecule has 2 aromatic heterocycles. The minimum Gasteiger partial charge on any atom is -0.497 e. The predicted molar refractivity (Wildman–Crippen MR) is 125 cm³/mol. The van der Waals surface area contributed by atoms with Gasteiger partial charge in [0.25, 0.3) is 5.91 Å². The molecule has 2 aromatic carbocycles. The predicted octanol–water partition coefficient (Wildman–Crippen LogP) is 5.63. The maximum atomic E-state index is 13.2. The first-order chi connectivity index (χ1) is 15.1. The molecule has 0 aliphatic carbocycles. The average Bonchev–Trinajstić information content (AvgIpc) is 3.42. The summed E-state index contributed by atoms with van der Waals surface area (Å²) in [6.07, 6.45) is 4.03. The molecule has 3 heterocycles. The first-order valence-corrected chi connectivity index (χ1v) is 11.4. The average molecular weight is 432 g/mol. The SMILES string of the molecule is COc1ccc2[nH]cc(C3CCN(C(=O)c4sc(-c5ccccc5)nc4C)CC3)c2c1. The molecule has 5 nitrogen and oxygen atoms in total. The number of piperidine rings is 1. The van der Waals surface area contributed by atoms with Gasteiger partial charge in [0.15, 0.2) is 0 Å². The molecule has 1 aliphatic rings. The summed E-state index contributed by atoms with van der Waals surface area (Å²) in [5, 5.41) is 2.12. The van der Waals surface area contributed by atoms with Gasteiger partial charge in [-0.3, -0.25) is 4.79 Å². The van der Waals surface area contributed by atoms with Gasteiger partial charge in [0.05, 0.1) is 12.8 Å². The van der Waals surface area contributed by atoms with Crippen molar-refractivity contribution < 1.29 is 9.53 Å². The standard InChI is InChI=1S/C25H25N3O2S/c1-16-23(31-24(27-16)18-6-4-3-5-7-18)25(29)28-12-10-17(11-13-28)21-15-26-22-9-8-19(30-2)14-20(21)22/h3-9,14-15,17,26H,10-13H2,1-2H3. The highest BCUT2D eigenvalue weighted by Crippen LogP contribution is 2.36. The number of likely N-dealkylation sites (tertiary alicyclic amines) is 1. The van der Waals surface area contributed by atoms with Crippen LogP contribution in [0.3, 0.4) is 0 Å². The number of H-pyrrole nitrogens is 1. The molecule has 0 unspecified atom stereocenters. The second-order valence-electron chi connectivity index (χ2n) is 8.02. The van der Waals surface area contributed by atoms with Crippen molar-refractivity contribution >= 4 is 28.1 Å². The zero-order valence-electron chi connectivity index (χ0n) is 17.7. The lowest BCUT2D eigenvalue weighted by molar-refractivity contribution is 0.0717. The largest absolute Gasteiger partial charge is 0.497 e. The lowest BCUT2D eigenvalue weighted by Crippen LogP contribution is -2.37. The molecule has 1 aliphatic heterocycles. The van der Waals surface area contributed by atoms with E-state index >= 15 is 0 Å². The number of benzene rings is 2. The van der Waals surface area contributed by atoms with E-state index in [2.05, 4.69) is 28.3 Å². The number of aromatic amines is 1. The van der Waals surface area contributed by atoms with Gasteiger partial charge in [0, 0.05) is 35.8 Å². The Bertz CT molecular complexity index is 1220. The van der Waals surface area contributed by atoms with Crippen LogP contribution in [0.5, 0.6) is 5.75 Å². The van der Waals surface area contributed by atoms with Gasteiger partial charge < -0.3 is 14.6 Å². The first-order valence-electron chi connectivity index (χ1n) is 10.6. The van der Waals surface area contributed by atoms with Crippen molar-refractivity contribution in [2.24, 2.45) is 0 Å². The van der Waals surface area contributed by atoms with Crippen LogP contribution in [0.15, 0.2) is 54.7 Å². The van der Waals surface area contributed by atoms with Crippen LogP contribution in [0.4, 0.5) is 0 Å². The number of aryl methyl sites for hydroxylation is 1. The first kappa shape index (κ1) is 19.8. The summed E-state index contributed by atoms with van der Waals surface area (Å²) in [5.41, 5.74) is 4.33. The maximum absolute atomic E-state index is 13.2. The number of hydrogen-bond acceptors (Lipinski definition) is 4. The number of thiazole rings is 1. The summed E-state index contributed by atoms with van der Waals surface area (Å²) in [4.78, 5) is 24.0. The highest BCUT2D eigenvalue weighted by Gasteiger charge is 2.28. The second kappa shape index (κ2) is 8.19. The molecule has 0 saturated carbocycles. The Morgan fingerprint density at radius 2 is 1.94 bits per heavy atom. The fraction of sp³-hybridized carbons (Fsp3) is 0.280. The van der Waals surface area contributed by atoms with Crippen LogP contribution in [0, 0.1) is 6.92 Å². The number of ether oxygens (including phenoxy) is 1. The third-order valence-corrected chi connectivity index (χ3v) is 7.35. The van der Waals surface area contributed by atoms with Gasteiger partial charge in [-0.2, -0.15) is 0 Å². The van der Waals surface area contributed by atoms with E-state index in [0.717, 1.165) is 58.3 Å². The molecule has 1 N–H and O–H groups in total. The molecule has 0 radical (unpaired) electrons. The molecule has 1 fully saturated rings. The van der Waals surface area contributed by atoms with Crippen molar-refractivity contribution in [2.75, 3.05) is 20.2 Å². The van der Waals surface area contributed by atoms with Gasteiger partial charge in [-0.15, -0.1) is 11.3 Å². The smallest absolute Gasteiger partial charge is 0.265 e. The van der Waals surface area contributed by atoms with E-state index in [1.165, 1.54) is 22.3 Å². The zero-order valence-corrected chi connectivity index (χ0v) is 18.5. The van der Waals surface area contributed by atoms with Gasteiger partial charge >= 0.3 is 0 Å². The Morgan fingerprint density at radius 3 is 2.68 bits per heavy atom. The van der Waals surface area contributed by atoms with Crippen LogP contribution in [0.25, 0.3) is 21.5 Å². The summed E-state index contributed by atoms with van der Waals surface area (Å²) in [6, 6.07) is 16.2. The Labute approximate surface area is 185 Å². The molecule has 6 heteroatoms. The van der Waals surface area contributed by atoms with E-state index in [0.29, 0.717) is 5.92 Å². The van der Waals surface area contributed by atoms with Gasteiger partial charge in [0.1, 0.15) is 15.6 Å². The van der Waals surface area contributed by atoms with Gasteiger partial charge in [-0.1, -0.05) is 30.3 Å². The summed E-state index contributed by atoms with van der Waals surface area (Å²) < 4.78 is 5.41. The molecule has 4 aromatic rings. The summed E-state index contributed by atoms with van der Waals surface area (Å²) in [5.74, 6) is 1.42. The number of rotatable bonds is 4. The third kappa shape index (κ3) is 3.72. The van der Waals surface area contributed by atoms with Crippen LogP contribution in [0.2, 0.25) is 0 Å². The Balaban J connectivity index is 1.31. The van der Waals surface area contributed by atoms with Crippen LogP contribution >= 0.6 is 11.3 Å². The second-order valence-corrected chi connectivity index (χ2v) is 9.02. The molecule has 0 bridgehead atoms. The Morgan fingerprint density at radius 1 is 1.16 bits per heavy atom. The molecule has 5 rings (SSSR count). The molecule has 1 saturated heterocycles. The number of carbonyl (C=O) groups excluding carboxylic acids is 1. The van der Waals surface area contributed by atoms with Crippen molar-refractivity contribution in [2.45, 2.75) is 25.7 Å². The normalized spacial score (nSPS) is 14.8. The monoisotopic (exact) mass is 431 g/mol. The highest BCUT2D eigenvalue weighted by molar-refractivity contribution is 7.17. The number of aromatic nitrogens is 2. The molecular weight excluding hydrogens is 406 g/mol. The fourth-order valence-electron chi connectivity index (χ4n) is 4.42. The Kier molecular flexibility index (Phi) is 5.24. The van der Waals surface area contributed by atoms with E-state index in [4.69, 9.17) is 4.74 Å². The lowest BCUT2D eigenvalue weighted by Gasteiger charge is -2.31. The number of fused-ring (bicyclic) bond motifs is 1. The van der Waals surface area contributed by atoms with E-state index in [9.17, 15) is 4.79 Å². The van der Waals surface area contributed by atoms with E-state index in [1.54, 1.807) is 7.11 Å². The number of hydrogen-bond donors (Lipinski definition) is 1. The van der Waals surface area contributed by atoms with Gasteiger partial charge in [0.2, 0.25) is 0 Å². The quantitative estimate of drug-likeness (QED) is 0.456. The molecule has 0 spiro atoms. The van der Waals surface area contributed by atoms with Crippen molar-refractivity contribution in [1.29, 1.82) is 0 Å².